The van der Waals surface area contributed by atoms with Gasteiger partial charge in [0.25, 0.3) is 10.0 Å². The number of sulfonamides is 1. The Kier molecular flexibility index (Phi) is 2.53. The lowest BCUT2D eigenvalue weighted by molar-refractivity contribution is 0.589. The van der Waals surface area contributed by atoms with Crippen LogP contribution in [0.4, 0.5) is 11.4 Å². The van der Waals surface area contributed by atoms with Gasteiger partial charge in [0.2, 0.25) is 0 Å². The number of aryl methyl sites for hydroxylation is 1. The molecular formula is C12H14N4O2S. The molecule has 1 aromatic carbocycles. The van der Waals surface area contributed by atoms with Crippen LogP contribution in [0.15, 0.2) is 29.4 Å². The normalized spacial score (nSPS) is 14.7. The first-order valence-electron chi connectivity index (χ1n) is 5.91. The fourth-order valence-corrected chi connectivity index (χ4v) is 3.76. The van der Waals surface area contributed by atoms with Crippen molar-refractivity contribution in [2.45, 2.75) is 18.4 Å². The number of nitrogens with two attached hydrogens (primary N) is 1. The standard InChI is InChI=1S/C12H14N4O2S/c1-8-14-7-12(15-8)19(17,18)16-5-4-9-6-10(13)2-3-11(9)16/h2-3,6-7H,4-5,13H2,1H3,(H,14,15). The zero-order valence-electron chi connectivity index (χ0n) is 10.4. The maximum atomic E-state index is 12.5. The van der Waals surface area contributed by atoms with Gasteiger partial charge >= 0.3 is 0 Å². The Morgan fingerprint density at radius 1 is 1.42 bits per heavy atom. The average molecular weight is 278 g/mol. The van der Waals surface area contributed by atoms with Gasteiger partial charge in [-0.1, -0.05) is 0 Å². The summed E-state index contributed by atoms with van der Waals surface area (Å²) in [7, 11) is -3.57. The summed E-state index contributed by atoms with van der Waals surface area (Å²) < 4.78 is 26.4. The first-order chi connectivity index (χ1) is 8.98. The zero-order valence-corrected chi connectivity index (χ0v) is 11.2. The minimum atomic E-state index is -3.57. The van der Waals surface area contributed by atoms with Gasteiger partial charge in [-0.05, 0) is 37.1 Å². The molecule has 6 nitrogen and oxygen atoms in total. The molecule has 0 saturated heterocycles. The highest BCUT2D eigenvalue weighted by atomic mass is 32.2. The van der Waals surface area contributed by atoms with Crippen LogP contribution in [-0.2, 0) is 16.4 Å². The van der Waals surface area contributed by atoms with E-state index < -0.39 is 10.0 Å². The van der Waals surface area contributed by atoms with Crippen LogP contribution in [0.3, 0.4) is 0 Å². The van der Waals surface area contributed by atoms with Gasteiger partial charge in [-0.3, -0.25) is 4.31 Å². The molecule has 0 saturated carbocycles. The highest BCUT2D eigenvalue weighted by molar-refractivity contribution is 7.92. The second-order valence-corrected chi connectivity index (χ2v) is 6.38. The summed E-state index contributed by atoms with van der Waals surface area (Å²) in [5, 5.41) is 0.120. The predicted molar refractivity (Wildman–Crippen MR) is 72.4 cm³/mol. The van der Waals surface area contributed by atoms with E-state index in [0.717, 1.165) is 5.56 Å². The van der Waals surface area contributed by atoms with Crippen LogP contribution in [0, 0.1) is 6.92 Å². The second kappa shape index (κ2) is 3.99. The van der Waals surface area contributed by atoms with E-state index in [-0.39, 0.29) is 5.03 Å². The maximum Gasteiger partial charge on any atom is 0.281 e. The molecule has 0 unspecified atom stereocenters. The van der Waals surface area contributed by atoms with Crippen molar-refractivity contribution in [3.63, 3.8) is 0 Å². The molecular weight excluding hydrogens is 264 g/mol. The first kappa shape index (κ1) is 12.0. The maximum absolute atomic E-state index is 12.5. The van der Waals surface area contributed by atoms with Crippen LogP contribution in [-0.4, -0.2) is 24.9 Å². The number of nitrogens with one attached hydrogen (secondary N) is 1. The molecule has 0 aliphatic carbocycles. The van der Waals surface area contributed by atoms with Crippen molar-refractivity contribution in [2.24, 2.45) is 0 Å². The third-order valence-corrected chi connectivity index (χ3v) is 4.93. The Morgan fingerprint density at radius 2 is 2.21 bits per heavy atom. The van der Waals surface area contributed by atoms with Crippen molar-refractivity contribution < 1.29 is 8.42 Å². The highest BCUT2D eigenvalue weighted by Gasteiger charge is 2.31. The van der Waals surface area contributed by atoms with Gasteiger partial charge in [0.05, 0.1) is 11.9 Å². The molecule has 1 aliphatic heterocycles. The topological polar surface area (TPSA) is 92.1 Å². The van der Waals surface area contributed by atoms with Crippen LogP contribution in [0.5, 0.6) is 0 Å². The molecule has 0 fully saturated rings. The Balaban J connectivity index is 2.06. The van der Waals surface area contributed by atoms with Crippen molar-refractivity contribution in [3.05, 3.63) is 35.8 Å². The van der Waals surface area contributed by atoms with Crippen molar-refractivity contribution in [2.75, 3.05) is 16.6 Å². The first-order valence-corrected chi connectivity index (χ1v) is 7.35. The van der Waals surface area contributed by atoms with E-state index in [1.165, 1.54) is 10.5 Å². The summed E-state index contributed by atoms with van der Waals surface area (Å²) >= 11 is 0. The van der Waals surface area contributed by atoms with Gasteiger partial charge < -0.3 is 10.7 Å². The molecule has 3 N–H and O–H groups in total. The number of aromatic amines is 1. The van der Waals surface area contributed by atoms with E-state index in [1.54, 1.807) is 19.1 Å². The minimum Gasteiger partial charge on any atom is -0.399 e. The third kappa shape index (κ3) is 1.86. The molecule has 1 aliphatic rings. The average Bonchev–Trinajstić information content (AvgIpc) is 2.95. The van der Waals surface area contributed by atoms with Crippen molar-refractivity contribution in [1.82, 2.24) is 9.97 Å². The van der Waals surface area contributed by atoms with Crippen LogP contribution in [0.25, 0.3) is 0 Å². The van der Waals surface area contributed by atoms with Crippen molar-refractivity contribution in [3.8, 4) is 0 Å². The lowest BCUT2D eigenvalue weighted by Gasteiger charge is -2.18. The van der Waals surface area contributed by atoms with Gasteiger partial charge in [-0.2, -0.15) is 8.42 Å². The van der Waals surface area contributed by atoms with Gasteiger partial charge in [-0.25, -0.2) is 4.98 Å². The van der Waals surface area contributed by atoms with E-state index in [1.807, 2.05) is 6.07 Å². The third-order valence-electron chi connectivity index (χ3n) is 3.20. The number of nitrogen functional groups attached to an aromatic ring is 1. The number of rotatable bonds is 2. The number of hydrogen-bond acceptors (Lipinski definition) is 4. The van der Waals surface area contributed by atoms with Gasteiger partial charge in [0.15, 0.2) is 5.03 Å². The molecule has 2 aromatic rings. The fraction of sp³-hybridized carbons (Fsp3) is 0.250. The van der Waals surface area contributed by atoms with Crippen LogP contribution in [0.2, 0.25) is 0 Å². The number of aromatic nitrogens is 2. The van der Waals surface area contributed by atoms with Crippen LogP contribution < -0.4 is 10.0 Å². The Hall–Kier alpha value is -2.02. The molecule has 0 spiro atoms. The molecule has 100 valence electrons. The number of hydrogen-bond donors (Lipinski definition) is 2. The number of anilines is 2. The number of imidazole rings is 1. The van der Waals surface area contributed by atoms with E-state index >= 15 is 0 Å². The zero-order chi connectivity index (χ0) is 13.6. The molecule has 0 amide bonds. The lowest BCUT2D eigenvalue weighted by Crippen LogP contribution is -2.29. The number of benzene rings is 1. The lowest BCUT2D eigenvalue weighted by atomic mass is 10.1. The van der Waals surface area contributed by atoms with Crippen LogP contribution in [0.1, 0.15) is 11.4 Å². The molecule has 3 rings (SSSR count). The van der Waals surface area contributed by atoms with Crippen molar-refractivity contribution in [1.29, 1.82) is 0 Å². The Morgan fingerprint density at radius 3 is 2.89 bits per heavy atom. The molecule has 19 heavy (non-hydrogen) atoms. The molecule has 0 bridgehead atoms. The second-order valence-electron chi connectivity index (χ2n) is 4.55. The monoisotopic (exact) mass is 278 g/mol. The predicted octanol–water partition coefficient (Wildman–Crippen LogP) is 1.05. The van der Waals surface area contributed by atoms with Gasteiger partial charge in [0.1, 0.15) is 5.82 Å². The largest absolute Gasteiger partial charge is 0.399 e. The van der Waals surface area contributed by atoms with E-state index in [9.17, 15) is 8.42 Å². The quantitative estimate of drug-likeness (QED) is 0.803. The van der Waals surface area contributed by atoms with Gasteiger partial charge in [-0.15, -0.1) is 0 Å². The molecule has 2 heterocycles. The van der Waals surface area contributed by atoms with Crippen LogP contribution >= 0.6 is 0 Å². The SMILES string of the molecule is Cc1ncc(S(=O)(=O)N2CCc3cc(N)ccc32)[nH]1. The minimum absolute atomic E-state index is 0.120. The number of H-pyrrole nitrogens is 1. The summed E-state index contributed by atoms with van der Waals surface area (Å²) in [4.78, 5) is 6.71. The molecule has 1 aromatic heterocycles. The Bertz CT molecular complexity index is 736. The Labute approximate surface area is 111 Å². The summed E-state index contributed by atoms with van der Waals surface area (Å²) in [5.41, 5.74) is 8.02. The highest BCUT2D eigenvalue weighted by Crippen LogP contribution is 2.33. The van der Waals surface area contributed by atoms with Gasteiger partial charge in [0, 0.05) is 12.2 Å². The molecule has 0 atom stereocenters. The smallest absolute Gasteiger partial charge is 0.281 e. The fourth-order valence-electron chi connectivity index (χ4n) is 2.29. The number of nitrogens with zero attached hydrogens (tertiary/aromatic N) is 2. The van der Waals surface area contributed by atoms with E-state index in [2.05, 4.69) is 9.97 Å². The summed E-state index contributed by atoms with van der Waals surface area (Å²) in [5.74, 6) is 0.579. The molecule has 0 radical (unpaired) electrons. The summed E-state index contributed by atoms with van der Waals surface area (Å²) in [6.45, 7) is 2.15. The van der Waals surface area contributed by atoms with E-state index in [4.69, 9.17) is 5.73 Å². The number of fused-ring (bicyclic) bond motifs is 1. The summed E-state index contributed by atoms with van der Waals surface area (Å²) in [6.07, 6.45) is 2.02. The van der Waals surface area contributed by atoms with Crippen molar-refractivity contribution >= 4 is 21.4 Å². The summed E-state index contributed by atoms with van der Waals surface area (Å²) in [6, 6.07) is 5.28. The molecule has 7 heteroatoms. The van der Waals surface area contributed by atoms with E-state index in [0.29, 0.717) is 30.2 Å².